The van der Waals surface area contributed by atoms with E-state index < -0.39 is 10.0 Å². The quantitative estimate of drug-likeness (QED) is 0.334. The molecule has 1 aromatic rings. The van der Waals surface area contributed by atoms with Gasteiger partial charge in [0.05, 0.1) is 24.2 Å². The van der Waals surface area contributed by atoms with Gasteiger partial charge in [-0.25, -0.2) is 13.4 Å². The second kappa shape index (κ2) is 11.1. The summed E-state index contributed by atoms with van der Waals surface area (Å²) in [5.74, 6) is 1.33. The Bertz CT molecular complexity index is 641. The summed E-state index contributed by atoms with van der Waals surface area (Å²) in [6.45, 7) is 7.91. The third kappa shape index (κ3) is 7.41. The van der Waals surface area contributed by atoms with E-state index in [1.807, 2.05) is 32.9 Å². The summed E-state index contributed by atoms with van der Waals surface area (Å²) in [6, 6.07) is 3.65. The van der Waals surface area contributed by atoms with Gasteiger partial charge in [0.25, 0.3) is 0 Å². The van der Waals surface area contributed by atoms with E-state index in [0.717, 1.165) is 5.76 Å². The largest absolute Gasteiger partial charge is 0.467 e. The standard InChI is InChI=1S/C16H28N4O4S.HI/c1-4-17-16(19-10-15-6-5-8-23-15)18-7-9-25(21,22)20-11-13(2)24-14(3)12-20;/h5-6,8,13-14H,4,7,9-12H2,1-3H3,(H2,17,18,19);1H. The minimum Gasteiger partial charge on any atom is -0.467 e. The number of hydrogen-bond donors (Lipinski definition) is 2. The predicted molar refractivity (Wildman–Crippen MR) is 112 cm³/mol. The lowest BCUT2D eigenvalue weighted by molar-refractivity contribution is -0.0440. The highest BCUT2D eigenvalue weighted by Crippen LogP contribution is 2.14. The van der Waals surface area contributed by atoms with Crippen LogP contribution in [-0.2, 0) is 21.3 Å². The molecule has 1 fully saturated rings. The summed E-state index contributed by atoms with van der Waals surface area (Å²) in [7, 11) is -3.33. The van der Waals surface area contributed by atoms with E-state index in [0.29, 0.717) is 32.1 Å². The smallest absolute Gasteiger partial charge is 0.216 e. The molecule has 0 saturated carbocycles. The average Bonchev–Trinajstić information content (AvgIpc) is 3.05. The van der Waals surface area contributed by atoms with Gasteiger partial charge in [-0.05, 0) is 32.9 Å². The summed E-state index contributed by atoms with van der Waals surface area (Å²) in [4.78, 5) is 4.38. The number of nitrogens with one attached hydrogen (secondary N) is 2. The topological polar surface area (TPSA) is 96.2 Å². The van der Waals surface area contributed by atoms with Crippen LogP contribution in [0.1, 0.15) is 26.5 Å². The van der Waals surface area contributed by atoms with E-state index >= 15 is 0 Å². The van der Waals surface area contributed by atoms with Crippen molar-refractivity contribution in [3.05, 3.63) is 24.2 Å². The fourth-order valence-electron chi connectivity index (χ4n) is 2.69. The van der Waals surface area contributed by atoms with Crippen LogP contribution in [0.2, 0.25) is 0 Å². The Morgan fingerprint density at radius 1 is 1.31 bits per heavy atom. The van der Waals surface area contributed by atoms with Crippen LogP contribution in [0.5, 0.6) is 0 Å². The number of rotatable bonds is 7. The Hall–Kier alpha value is -0.850. The van der Waals surface area contributed by atoms with E-state index in [-0.39, 0.29) is 48.5 Å². The van der Waals surface area contributed by atoms with Crippen molar-refractivity contribution >= 4 is 40.0 Å². The van der Waals surface area contributed by atoms with Gasteiger partial charge in [0.1, 0.15) is 12.3 Å². The summed E-state index contributed by atoms with van der Waals surface area (Å²) in [6.07, 6.45) is 1.43. The van der Waals surface area contributed by atoms with Crippen LogP contribution in [-0.4, -0.2) is 62.8 Å². The van der Waals surface area contributed by atoms with Crippen LogP contribution in [0, 0.1) is 0 Å². The number of hydrogen-bond acceptors (Lipinski definition) is 5. The van der Waals surface area contributed by atoms with Crippen LogP contribution in [0.4, 0.5) is 0 Å². The van der Waals surface area contributed by atoms with Gasteiger partial charge in [-0.1, -0.05) is 0 Å². The van der Waals surface area contributed by atoms with Gasteiger partial charge in [-0.15, -0.1) is 24.0 Å². The molecule has 1 aromatic heterocycles. The first-order chi connectivity index (χ1) is 11.9. The third-order valence-corrected chi connectivity index (χ3v) is 5.55. The van der Waals surface area contributed by atoms with Crippen LogP contribution >= 0.6 is 24.0 Å². The third-order valence-electron chi connectivity index (χ3n) is 3.75. The number of halogens is 1. The van der Waals surface area contributed by atoms with Crippen LogP contribution in [0.15, 0.2) is 27.8 Å². The molecule has 10 heteroatoms. The average molecular weight is 500 g/mol. The Balaban J connectivity index is 0.00000338. The zero-order valence-electron chi connectivity index (χ0n) is 15.5. The maximum atomic E-state index is 12.5. The molecule has 2 N–H and O–H groups in total. The molecule has 26 heavy (non-hydrogen) atoms. The highest BCUT2D eigenvalue weighted by atomic mass is 127. The molecule has 150 valence electrons. The van der Waals surface area contributed by atoms with Crippen LogP contribution in [0.25, 0.3) is 0 Å². The Labute approximate surface area is 172 Å². The number of furan rings is 1. The molecule has 0 bridgehead atoms. The van der Waals surface area contributed by atoms with Gasteiger partial charge in [0.15, 0.2) is 5.96 Å². The second-order valence-corrected chi connectivity index (χ2v) is 8.18. The Morgan fingerprint density at radius 2 is 2.00 bits per heavy atom. The maximum absolute atomic E-state index is 12.5. The summed E-state index contributed by atoms with van der Waals surface area (Å²) in [5, 5.41) is 6.15. The van der Waals surface area contributed by atoms with Gasteiger partial charge in [0, 0.05) is 26.2 Å². The molecule has 2 atom stereocenters. The first-order valence-corrected chi connectivity index (χ1v) is 10.2. The highest BCUT2D eigenvalue weighted by Gasteiger charge is 2.30. The molecule has 2 heterocycles. The van der Waals surface area contributed by atoms with Gasteiger partial charge in [-0.2, -0.15) is 4.31 Å². The van der Waals surface area contributed by atoms with Gasteiger partial charge >= 0.3 is 0 Å². The molecular weight excluding hydrogens is 471 g/mol. The molecule has 0 aliphatic carbocycles. The molecule has 0 aromatic carbocycles. The lowest BCUT2D eigenvalue weighted by atomic mass is 10.3. The van der Waals surface area contributed by atoms with Crippen molar-refractivity contribution < 1.29 is 17.6 Å². The molecule has 2 unspecified atom stereocenters. The van der Waals surface area contributed by atoms with Gasteiger partial charge < -0.3 is 19.8 Å². The monoisotopic (exact) mass is 500 g/mol. The predicted octanol–water partition coefficient (Wildman–Crippen LogP) is 1.39. The number of aliphatic imine (C=N–C) groups is 1. The number of nitrogens with zero attached hydrogens (tertiary/aromatic N) is 2. The fraction of sp³-hybridized carbons (Fsp3) is 0.688. The lowest BCUT2D eigenvalue weighted by Gasteiger charge is -2.34. The van der Waals surface area contributed by atoms with Crippen molar-refractivity contribution in [2.24, 2.45) is 4.99 Å². The summed E-state index contributed by atoms with van der Waals surface area (Å²) < 4.78 is 37.4. The van der Waals surface area contributed by atoms with E-state index in [1.165, 1.54) is 4.31 Å². The molecule has 1 aliphatic rings. The Morgan fingerprint density at radius 3 is 2.58 bits per heavy atom. The molecule has 0 spiro atoms. The number of sulfonamides is 1. The summed E-state index contributed by atoms with van der Waals surface area (Å²) >= 11 is 0. The molecule has 8 nitrogen and oxygen atoms in total. The lowest BCUT2D eigenvalue weighted by Crippen LogP contribution is -2.50. The zero-order valence-corrected chi connectivity index (χ0v) is 18.6. The zero-order chi connectivity index (χ0) is 18.3. The minimum absolute atomic E-state index is 0. The summed E-state index contributed by atoms with van der Waals surface area (Å²) in [5.41, 5.74) is 0. The second-order valence-electron chi connectivity index (χ2n) is 6.09. The molecule has 1 aliphatic heterocycles. The van der Waals surface area contributed by atoms with Crippen LogP contribution < -0.4 is 10.6 Å². The number of morpholine rings is 1. The van der Waals surface area contributed by atoms with E-state index in [2.05, 4.69) is 15.6 Å². The van der Waals surface area contributed by atoms with E-state index in [4.69, 9.17) is 9.15 Å². The first kappa shape index (κ1) is 23.2. The molecular formula is C16H29IN4O4S. The molecule has 0 amide bonds. The highest BCUT2D eigenvalue weighted by molar-refractivity contribution is 14.0. The van der Waals surface area contributed by atoms with Crippen molar-refractivity contribution in [2.45, 2.75) is 39.5 Å². The minimum atomic E-state index is -3.33. The van der Waals surface area contributed by atoms with Gasteiger partial charge in [0.2, 0.25) is 10.0 Å². The van der Waals surface area contributed by atoms with Crippen LogP contribution in [0.3, 0.4) is 0 Å². The maximum Gasteiger partial charge on any atom is 0.216 e. The van der Waals surface area contributed by atoms with Crippen molar-refractivity contribution in [1.82, 2.24) is 14.9 Å². The van der Waals surface area contributed by atoms with E-state index in [9.17, 15) is 8.42 Å². The first-order valence-electron chi connectivity index (χ1n) is 8.58. The van der Waals surface area contributed by atoms with Crippen molar-refractivity contribution in [3.63, 3.8) is 0 Å². The molecule has 1 saturated heterocycles. The van der Waals surface area contributed by atoms with Crippen molar-refractivity contribution in [2.75, 3.05) is 31.9 Å². The van der Waals surface area contributed by atoms with Gasteiger partial charge in [-0.3, -0.25) is 0 Å². The Kier molecular flexibility index (Phi) is 9.90. The van der Waals surface area contributed by atoms with Crippen molar-refractivity contribution in [1.29, 1.82) is 0 Å². The van der Waals surface area contributed by atoms with Crippen molar-refractivity contribution in [3.8, 4) is 0 Å². The number of ether oxygens (including phenoxy) is 1. The number of guanidine groups is 1. The van der Waals surface area contributed by atoms with E-state index in [1.54, 1.807) is 6.26 Å². The normalized spacial score (nSPS) is 21.9. The SMILES string of the molecule is CCNC(=NCc1ccco1)NCCS(=O)(=O)N1CC(C)OC(C)C1.I. The molecule has 0 radical (unpaired) electrons. The molecule has 2 rings (SSSR count). The fourth-order valence-corrected chi connectivity index (χ4v) is 4.18.